The number of thiazole rings is 1. The van der Waals surface area contributed by atoms with Crippen LogP contribution in [-0.4, -0.2) is 35.5 Å². The van der Waals surface area contributed by atoms with Crippen molar-refractivity contribution >= 4 is 44.4 Å². The maximum atomic E-state index is 12.3. The van der Waals surface area contributed by atoms with Crippen LogP contribution in [0.5, 0.6) is 0 Å². The van der Waals surface area contributed by atoms with E-state index in [1.807, 2.05) is 12.1 Å². The van der Waals surface area contributed by atoms with Crippen LogP contribution in [-0.2, 0) is 17.7 Å². The summed E-state index contributed by atoms with van der Waals surface area (Å²) in [6, 6.07) is 7.22. The van der Waals surface area contributed by atoms with Crippen LogP contribution in [0.15, 0.2) is 28.7 Å². The molecule has 1 aromatic carbocycles. The molecule has 1 aliphatic heterocycles. The van der Waals surface area contributed by atoms with E-state index in [1.54, 1.807) is 17.0 Å². The Labute approximate surface area is 145 Å². The molecule has 2 amide bonds. The fourth-order valence-electron chi connectivity index (χ4n) is 2.34. The third-order valence-electron chi connectivity index (χ3n) is 3.50. The van der Waals surface area contributed by atoms with Crippen LogP contribution in [0.3, 0.4) is 0 Å². The quantitative estimate of drug-likeness (QED) is 0.846. The van der Waals surface area contributed by atoms with Crippen LogP contribution in [0.1, 0.15) is 20.9 Å². The summed E-state index contributed by atoms with van der Waals surface area (Å²) in [6.45, 7) is 1.03. The molecule has 0 bridgehead atoms. The van der Waals surface area contributed by atoms with E-state index < -0.39 is 0 Å². The van der Waals surface area contributed by atoms with Crippen LogP contribution in [0.25, 0.3) is 0 Å². The summed E-state index contributed by atoms with van der Waals surface area (Å²) in [5.41, 5.74) is 1.48. The van der Waals surface area contributed by atoms with Gasteiger partial charge >= 0.3 is 6.09 Å². The number of hydrogen-bond acceptors (Lipinski definition) is 5. The van der Waals surface area contributed by atoms with E-state index in [2.05, 4.69) is 26.2 Å². The predicted octanol–water partition coefficient (Wildman–Crippen LogP) is 3.28. The average Bonchev–Trinajstić information content (AvgIpc) is 2.95. The minimum Gasteiger partial charge on any atom is -0.453 e. The fourth-order valence-corrected chi connectivity index (χ4v) is 3.83. The number of benzene rings is 1. The lowest BCUT2D eigenvalue weighted by Gasteiger charge is -2.24. The molecule has 0 fully saturated rings. The second-order valence-corrected chi connectivity index (χ2v) is 6.90. The highest BCUT2D eigenvalue weighted by atomic mass is 79.9. The Hall–Kier alpha value is -1.93. The molecule has 6 nitrogen and oxygen atoms in total. The third-order valence-corrected chi connectivity index (χ3v) is 5.19. The Morgan fingerprint density at radius 2 is 2.17 bits per heavy atom. The molecule has 0 atom stereocenters. The molecule has 2 aromatic rings. The first-order valence-electron chi connectivity index (χ1n) is 6.96. The lowest BCUT2D eigenvalue weighted by Crippen LogP contribution is -2.35. The Balaban J connectivity index is 1.74. The first-order valence-corrected chi connectivity index (χ1v) is 8.57. The Bertz CT molecular complexity index is 762. The summed E-state index contributed by atoms with van der Waals surface area (Å²) >= 11 is 4.75. The van der Waals surface area contributed by atoms with E-state index in [0.29, 0.717) is 30.2 Å². The minimum atomic E-state index is -0.345. The second kappa shape index (κ2) is 6.67. The van der Waals surface area contributed by atoms with Crippen molar-refractivity contribution in [2.75, 3.05) is 19.0 Å². The molecule has 2 heterocycles. The molecule has 1 aromatic heterocycles. The van der Waals surface area contributed by atoms with Crippen molar-refractivity contribution in [2.45, 2.75) is 13.0 Å². The minimum absolute atomic E-state index is 0.214. The summed E-state index contributed by atoms with van der Waals surface area (Å²) in [7, 11) is 1.37. The largest absolute Gasteiger partial charge is 0.453 e. The van der Waals surface area contributed by atoms with Crippen molar-refractivity contribution in [3.8, 4) is 0 Å². The number of hydrogen-bond donors (Lipinski definition) is 1. The molecule has 120 valence electrons. The molecule has 0 saturated heterocycles. The summed E-state index contributed by atoms with van der Waals surface area (Å²) in [5, 5.41) is 3.36. The van der Waals surface area contributed by atoms with Gasteiger partial charge in [0.2, 0.25) is 0 Å². The highest BCUT2D eigenvalue weighted by Gasteiger charge is 2.25. The molecule has 3 rings (SSSR count). The van der Waals surface area contributed by atoms with Crippen molar-refractivity contribution in [1.82, 2.24) is 9.88 Å². The SMILES string of the molecule is COC(=O)N1CCc2nc(NC(=O)c3ccccc3Br)sc2C1. The Morgan fingerprint density at radius 1 is 1.39 bits per heavy atom. The number of carbonyl (C=O) groups is 2. The molecule has 8 heteroatoms. The lowest BCUT2D eigenvalue weighted by molar-refractivity contribution is 0.102. The molecule has 1 N–H and O–H groups in total. The summed E-state index contributed by atoms with van der Waals surface area (Å²) in [4.78, 5) is 31.0. The van der Waals surface area contributed by atoms with Crippen LogP contribution in [0.4, 0.5) is 9.93 Å². The van der Waals surface area contributed by atoms with Crippen molar-refractivity contribution < 1.29 is 14.3 Å². The van der Waals surface area contributed by atoms with Gasteiger partial charge in [0.1, 0.15) is 0 Å². The van der Waals surface area contributed by atoms with Gasteiger partial charge in [-0.2, -0.15) is 0 Å². The number of carbonyl (C=O) groups excluding carboxylic acids is 2. The van der Waals surface area contributed by atoms with Crippen LogP contribution < -0.4 is 5.32 Å². The van der Waals surface area contributed by atoms with Crippen molar-refractivity contribution in [1.29, 1.82) is 0 Å². The number of nitrogens with zero attached hydrogens (tertiary/aromatic N) is 2. The number of halogens is 1. The van der Waals surface area contributed by atoms with Gasteiger partial charge in [0.25, 0.3) is 5.91 Å². The zero-order valence-electron chi connectivity index (χ0n) is 12.3. The topological polar surface area (TPSA) is 71.5 Å². The average molecular weight is 396 g/mol. The van der Waals surface area contributed by atoms with Crippen molar-refractivity contribution in [2.24, 2.45) is 0 Å². The normalized spacial score (nSPS) is 13.4. The van der Waals surface area contributed by atoms with Gasteiger partial charge in [-0.25, -0.2) is 9.78 Å². The standard InChI is InChI=1S/C15H14BrN3O3S/c1-22-15(21)19-7-6-11-12(8-19)23-14(17-11)18-13(20)9-4-2-3-5-10(9)16/h2-5H,6-8H2,1H3,(H,17,18,20). The first kappa shape index (κ1) is 15.9. The third kappa shape index (κ3) is 3.37. The molecule has 0 aliphatic carbocycles. The van der Waals surface area contributed by atoms with E-state index in [0.717, 1.165) is 15.0 Å². The van der Waals surface area contributed by atoms with E-state index in [4.69, 9.17) is 4.74 Å². The van der Waals surface area contributed by atoms with Gasteiger partial charge in [0.15, 0.2) is 5.13 Å². The van der Waals surface area contributed by atoms with Crippen LogP contribution in [0, 0.1) is 0 Å². The zero-order chi connectivity index (χ0) is 16.4. The van der Waals surface area contributed by atoms with Crippen molar-refractivity contribution in [3.63, 3.8) is 0 Å². The Morgan fingerprint density at radius 3 is 2.91 bits per heavy atom. The van der Waals surface area contributed by atoms with Gasteiger partial charge in [-0.15, -0.1) is 0 Å². The molecule has 1 aliphatic rings. The second-order valence-electron chi connectivity index (χ2n) is 4.96. The van der Waals surface area contributed by atoms with Gasteiger partial charge in [-0.3, -0.25) is 10.1 Å². The van der Waals surface area contributed by atoms with Crippen LogP contribution in [0.2, 0.25) is 0 Å². The van der Waals surface area contributed by atoms with Gasteiger partial charge < -0.3 is 9.64 Å². The van der Waals surface area contributed by atoms with E-state index in [1.165, 1.54) is 18.4 Å². The van der Waals surface area contributed by atoms with Gasteiger partial charge in [0, 0.05) is 22.3 Å². The maximum absolute atomic E-state index is 12.3. The van der Waals surface area contributed by atoms with Crippen LogP contribution >= 0.6 is 27.3 Å². The van der Waals surface area contributed by atoms with Gasteiger partial charge in [-0.05, 0) is 28.1 Å². The monoisotopic (exact) mass is 395 g/mol. The summed E-state index contributed by atoms with van der Waals surface area (Å²) < 4.78 is 5.48. The van der Waals surface area contributed by atoms with Gasteiger partial charge in [0.05, 0.1) is 24.9 Å². The van der Waals surface area contributed by atoms with Crippen molar-refractivity contribution in [3.05, 3.63) is 44.9 Å². The fraction of sp³-hybridized carbons (Fsp3) is 0.267. The molecule has 0 spiro atoms. The van der Waals surface area contributed by atoms with Gasteiger partial charge in [-0.1, -0.05) is 23.5 Å². The zero-order valence-corrected chi connectivity index (χ0v) is 14.7. The highest BCUT2D eigenvalue weighted by molar-refractivity contribution is 9.10. The predicted molar refractivity (Wildman–Crippen MR) is 90.7 cm³/mol. The number of nitrogens with one attached hydrogen (secondary N) is 1. The van der Waals surface area contributed by atoms with E-state index in [9.17, 15) is 9.59 Å². The number of anilines is 1. The highest BCUT2D eigenvalue weighted by Crippen LogP contribution is 2.29. The molecule has 0 unspecified atom stereocenters. The van der Waals surface area contributed by atoms with E-state index in [-0.39, 0.29) is 12.0 Å². The molecular weight excluding hydrogens is 382 g/mol. The maximum Gasteiger partial charge on any atom is 0.409 e. The number of amides is 2. The number of aromatic nitrogens is 1. The molecule has 23 heavy (non-hydrogen) atoms. The summed E-state index contributed by atoms with van der Waals surface area (Å²) in [6.07, 6.45) is 0.314. The Kier molecular flexibility index (Phi) is 4.63. The smallest absolute Gasteiger partial charge is 0.409 e. The molecular formula is C15H14BrN3O3S. The van der Waals surface area contributed by atoms with E-state index >= 15 is 0 Å². The summed E-state index contributed by atoms with van der Waals surface area (Å²) in [5.74, 6) is -0.214. The lowest BCUT2D eigenvalue weighted by atomic mass is 10.2. The first-order chi connectivity index (χ1) is 11.1. The number of ether oxygens (including phenoxy) is 1. The number of rotatable bonds is 2. The molecule has 0 saturated carbocycles. The number of methoxy groups -OCH3 is 1. The number of fused-ring (bicyclic) bond motifs is 1. The molecule has 0 radical (unpaired) electrons.